The quantitative estimate of drug-likeness (QED) is 0.677. The van der Waals surface area contributed by atoms with Crippen LogP contribution in [0.2, 0.25) is 0 Å². The first-order chi connectivity index (χ1) is 11.6. The van der Waals surface area contributed by atoms with Crippen molar-refractivity contribution in [3.8, 4) is 0 Å². The van der Waals surface area contributed by atoms with Gasteiger partial charge in [-0.25, -0.2) is 0 Å². The fourth-order valence-electron chi connectivity index (χ4n) is 6.19. The number of hydrogen-bond acceptors (Lipinski definition) is 2. The third-order valence-electron chi connectivity index (χ3n) is 6.69. The third kappa shape index (κ3) is 5.69. The highest BCUT2D eigenvalue weighted by Gasteiger charge is 2.52. The van der Waals surface area contributed by atoms with Crippen LogP contribution in [0.1, 0.15) is 102 Å². The van der Waals surface area contributed by atoms with Gasteiger partial charge in [0.25, 0.3) is 0 Å². The molecule has 0 bridgehead atoms. The summed E-state index contributed by atoms with van der Waals surface area (Å²) in [5.74, 6) is 0. The van der Waals surface area contributed by atoms with E-state index in [1.807, 2.05) is 13.8 Å². The molecule has 0 aromatic heterocycles. The van der Waals surface area contributed by atoms with Crippen LogP contribution in [0.5, 0.6) is 0 Å². The highest BCUT2D eigenvalue weighted by Crippen LogP contribution is 2.41. The van der Waals surface area contributed by atoms with Crippen molar-refractivity contribution in [3.63, 3.8) is 0 Å². The molecule has 0 atom stereocenters. The van der Waals surface area contributed by atoms with Gasteiger partial charge in [-0.1, -0.05) is 13.8 Å². The fourth-order valence-corrected chi connectivity index (χ4v) is 6.19. The van der Waals surface area contributed by atoms with Crippen molar-refractivity contribution < 1.29 is 4.48 Å². The normalized spacial score (nSPS) is 28.2. The second-order valence-electron chi connectivity index (χ2n) is 11.6. The highest BCUT2D eigenvalue weighted by atomic mass is 15.4. The zero-order valence-corrected chi connectivity index (χ0v) is 20.1. The van der Waals surface area contributed by atoms with Crippen molar-refractivity contribution in [3.05, 3.63) is 0 Å². The Hall–Kier alpha value is -0.120. The predicted octanol–water partition coefficient (Wildman–Crippen LogP) is 5.10. The Morgan fingerprint density at radius 1 is 0.654 bits per heavy atom. The van der Waals surface area contributed by atoms with Crippen LogP contribution in [-0.2, 0) is 0 Å². The zero-order valence-electron chi connectivity index (χ0n) is 20.1. The smallest absolute Gasteiger partial charge is 0.0925 e. The van der Waals surface area contributed by atoms with Crippen LogP contribution in [0.25, 0.3) is 0 Å². The van der Waals surface area contributed by atoms with E-state index in [1.165, 1.54) is 36.7 Å². The van der Waals surface area contributed by atoms with Crippen molar-refractivity contribution in [2.45, 2.75) is 136 Å². The maximum absolute atomic E-state index is 3.87. The van der Waals surface area contributed by atoms with Crippen LogP contribution >= 0.6 is 0 Å². The van der Waals surface area contributed by atoms with Crippen LogP contribution in [-0.4, -0.2) is 52.3 Å². The van der Waals surface area contributed by atoms with Gasteiger partial charge in [-0.05, 0) is 62.3 Å². The molecule has 0 unspecified atom stereocenters. The monoisotopic (exact) mass is 368 g/mol. The zero-order chi connectivity index (χ0) is 20.6. The second-order valence-corrected chi connectivity index (χ2v) is 11.6. The first-order valence-electron chi connectivity index (χ1n) is 11.0. The molecule has 156 valence electrons. The maximum atomic E-state index is 3.87. The highest BCUT2D eigenvalue weighted by molar-refractivity contribution is 5.01. The molecule has 3 nitrogen and oxygen atoms in total. The minimum Gasteiger partial charge on any atom is -0.321 e. The average molecular weight is 369 g/mol. The molecule has 2 saturated heterocycles. The Kier molecular flexibility index (Phi) is 7.10. The van der Waals surface area contributed by atoms with Gasteiger partial charge >= 0.3 is 0 Å². The van der Waals surface area contributed by atoms with E-state index >= 15 is 0 Å². The number of hydrogen-bond donors (Lipinski definition) is 2. The second kappa shape index (κ2) is 7.72. The van der Waals surface area contributed by atoms with Gasteiger partial charge in [0.2, 0.25) is 0 Å². The van der Waals surface area contributed by atoms with E-state index in [2.05, 4.69) is 80.0 Å². The molecule has 0 spiro atoms. The summed E-state index contributed by atoms with van der Waals surface area (Å²) in [6, 6.07) is 1.46. The summed E-state index contributed by atoms with van der Waals surface area (Å²) >= 11 is 0. The molecule has 0 aliphatic carbocycles. The van der Waals surface area contributed by atoms with Crippen molar-refractivity contribution in [1.29, 1.82) is 0 Å². The minimum absolute atomic E-state index is 0.221. The summed E-state index contributed by atoms with van der Waals surface area (Å²) in [5, 5.41) is 7.74. The van der Waals surface area contributed by atoms with Crippen molar-refractivity contribution >= 4 is 0 Å². The predicted molar refractivity (Wildman–Crippen MR) is 117 cm³/mol. The molecule has 2 fully saturated rings. The Labute approximate surface area is 165 Å². The van der Waals surface area contributed by atoms with E-state index in [0.717, 1.165) is 12.1 Å². The summed E-state index contributed by atoms with van der Waals surface area (Å²) in [7, 11) is 2.55. The number of piperidine rings is 2. The van der Waals surface area contributed by atoms with Gasteiger partial charge in [0.05, 0.1) is 25.7 Å². The number of quaternary nitrogens is 1. The van der Waals surface area contributed by atoms with Crippen LogP contribution in [0.4, 0.5) is 0 Å². The lowest BCUT2D eigenvalue weighted by molar-refractivity contribution is -0.959. The molecule has 2 aliphatic rings. The van der Waals surface area contributed by atoms with Gasteiger partial charge < -0.3 is 15.1 Å². The van der Waals surface area contributed by atoms with Crippen LogP contribution < -0.4 is 10.6 Å². The third-order valence-corrected chi connectivity index (χ3v) is 6.69. The summed E-state index contributed by atoms with van der Waals surface area (Å²) < 4.78 is 1.23. The molecule has 2 rings (SSSR count). The van der Waals surface area contributed by atoms with Crippen LogP contribution in [0.3, 0.4) is 0 Å². The SMILES string of the molecule is CC.CC[N+](C)(C1CC(C)(C)NC(C)(C)C1)C1CC(C)(C)NC(C)(C)C1. The molecular weight excluding hydrogens is 318 g/mol. The minimum atomic E-state index is 0.221. The summed E-state index contributed by atoms with van der Waals surface area (Å²) in [5.41, 5.74) is 0.885. The molecule has 0 amide bonds. The lowest BCUT2D eigenvalue weighted by Gasteiger charge is -2.58. The van der Waals surface area contributed by atoms with Crippen LogP contribution in [0.15, 0.2) is 0 Å². The van der Waals surface area contributed by atoms with Gasteiger partial charge in [-0.2, -0.15) is 0 Å². The molecule has 2 aliphatic heterocycles. The van der Waals surface area contributed by atoms with E-state index in [1.54, 1.807) is 0 Å². The molecular formula is C23H50N3+. The van der Waals surface area contributed by atoms with Crippen LogP contribution in [0, 0.1) is 0 Å². The van der Waals surface area contributed by atoms with E-state index in [0.29, 0.717) is 0 Å². The first kappa shape index (κ1) is 23.9. The first-order valence-corrected chi connectivity index (χ1v) is 11.0. The Morgan fingerprint density at radius 3 is 1.08 bits per heavy atom. The van der Waals surface area contributed by atoms with Gasteiger partial charge in [-0.3, -0.25) is 0 Å². The Balaban J connectivity index is 0.00000163. The summed E-state index contributed by atoms with van der Waals surface area (Å²) in [6.07, 6.45) is 5.08. The van der Waals surface area contributed by atoms with Gasteiger partial charge in [0.15, 0.2) is 0 Å². The summed E-state index contributed by atoms with van der Waals surface area (Å²) in [4.78, 5) is 0. The van der Waals surface area contributed by atoms with Gasteiger partial charge in [-0.15, -0.1) is 0 Å². The topological polar surface area (TPSA) is 24.1 Å². The van der Waals surface area contributed by atoms with Gasteiger partial charge in [0.1, 0.15) is 0 Å². The maximum Gasteiger partial charge on any atom is 0.0925 e. The molecule has 0 saturated carbocycles. The fraction of sp³-hybridized carbons (Fsp3) is 1.00. The lowest BCUT2D eigenvalue weighted by atomic mass is 9.74. The van der Waals surface area contributed by atoms with Crippen molar-refractivity contribution in [2.24, 2.45) is 0 Å². The van der Waals surface area contributed by atoms with Gasteiger partial charge in [0, 0.05) is 47.8 Å². The average Bonchev–Trinajstić information content (AvgIpc) is 2.41. The standard InChI is InChI=1S/C21H44N3.C2H6/c1-11-24(10,16-12-18(2,3)22-19(4,5)13-16)17-14-20(6,7)23-21(8,9)15-17;1-2/h16-17,22-23H,11-15H2,1-10H3;1-2H3/q+1;. The molecule has 0 aromatic rings. The van der Waals surface area contributed by atoms with E-state index < -0.39 is 0 Å². The molecule has 0 radical (unpaired) electrons. The Morgan fingerprint density at radius 2 is 0.885 bits per heavy atom. The van der Waals surface area contributed by atoms with E-state index in [4.69, 9.17) is 0 Å². The molecule has 26 heavy (non-hydrogen) atoms. The number of rotatable bonds is 3. The number of nitrogens with zero attached hydrogens (tertiary/aromatic N) is 1. The van der Waals surface area contributed by atoms with Crippen molar-refractivity contribution in [1.82, 2.24) is 10.6 Å². The largest absolute Gasteiger partial charge is 0.321 e. The molecule has 2 heterocycles. The Bertz CT molecular complexity index is 392. The molecule has 2 N–H and O–H groups in total. The number of nitrogens with one attached hydrogen (secondary N) is 2. The van der Waals surface area contributed by atoms with E-state index in [-0.39, 0.29) is 22.2 Å². The lowest BCUT2D eigenvalue weighted by Crippen LogP contribution is -2.72. The van der Waals surface area contributed by atoms with Crippen molar-refractivity contribution in [2.75, 3.05) is 13.6 Å². The molecule has 3 heteroatoms. The van der Waals surface area contributed by atoms with E-state index in [9.17, 15) is 0 Å². The summed E-state index contributed by atoms with van der Waals surface area (Å²) in [6.45, 7) is 26.7. The molecule has 0 aromatic carbocycles.